The number of nitrogens with one attached hydrogen (secondary N) is 1. The van der Waals surface area contributed by atoms with Crippen LogP contribution in [0.2, 0.25) is 0 Å². The highest BCUT2D eigenvalue weighted by Gasteiger charge is 2.34. The average Bonchev–Trinajstić information content (AvgIpc) is 2.98. The zero-order valence-corrected chi connectivity index (χ0v) is 13.9. The van der Waals surface area contributed by atoms with Crippen LogP contribution in [0.15, 0.2) is 59.8 Å². The SMILES string of the molecule is COC(=O)C1=C(C)Nc2nc3ccccc3n2[C@H]1c1ccc(O)cc1. The van der Waals surface area contributed by atoms with Crippen molar-refractivity contribution < 1.29 is 14.6 Å². The number of ether oxygens (including phenoxy) is 1. The van der Waals surface area contributed by atoms with E-state index in [1.807, 2.05) is 35.8 Å². The molecule has 0 saturated carbocycles. The van der Waals surface area contributed by atoms with Crippen LogP contribution in [0.4, 0.5) is 5.95 Å². The smallest absolute Gasteiger partial charge is 0.337 e. The van der Waals surface area contributed by atoms with Crippen LogP contribution in [-0.4, -0.2) is 27.7 Å². The van der Waals surface area contributed by atoms with Crippen molar-refractivity contribution >= 4 is 23.0 Å². The molecule has 0 spiro atoms. The molecule has 2 aromatic carbocycles. The lowest BCUT2D eigenvalue weighted by molar-refractivity contribution is -0.136. The summed E-state index contributed by atoms with van der Waals surface area (Å²) in [5.74, 6) is 0.449. The van der Waals surface area contributed by atoms with Crippen molar-refractivity contribution in [3.63, 3.8) is 0 Å². The fourth-order valence-electron chi connectivity index (χ4n) is 3.31. The van der Waals surface area contributed by atoms with Gasteiger partial charge in [-0.15, -0.1) is 0 Å². The Bertz CT molecular complexity index is 1000. The molecule has 2 heterocycles. The fourth-order valence-corrected chi connectivity index (χ4v) is 3.31. The van der Waals surface area contributed by atoms with Crippen molar-refractivity contribution in [3.8, 4) is 5.75 Å². The summed E-state index contributed by atoms with van der Waals surface area (Å²) in [5, 5.41) is 12.8. The van der Waals surface area contributed by atoms with Crippen molar-refractivity contribution in [1.29, 1.82) is 0 Å². The van der Waals surface area contributed by atoms with E-state index >= 15 is 0 Å². The van der Waals surface area contributed by atoms with Gasteiger partial charge in [0.1, 0.15) is 5.75 Å². The van der Waals surface area contributed by atoms with Gasteiger partial charge in [-0.3, -0.25) is 4.57 Å². The maximum absolute atomic E-state index is 12.5. The number of allylic oxidation sites excluding steroid dienone is 1. The lowest BCUT2D eigenvalue weighted by Gasteiger charge is -2.30. The molecule has 25 heavy (non-hydrogen) atoms. The van der Waals surface area contributed by atoms with Gasteiger partial charge in [-0.05, 0) is 36.8 Å². The first-order valence-electron chi connectivity index (χ1n) is 7.92. The normalized spacial score (nSPS) is 16.5. The minimum absolute atomic E-state index is 0.175. The highest BCUT2D eigenvalue weighted by molar-refractivity contribution is 5.94. The van der Waals surface area contributed by atoms with Crippen LogP contribution in [0.3, 0.4) is 0 Å². The molecule has 126 valence electrons. The Kier molecular flexibility index (Phi) is 3.46. The predicted molar refractivity (Wildman–Crippen MR) is 94.3 cm³/mol. The Morgan fingerprint density at radius 2 is 1.92 bits per heavy atom. The van der Waals surface area contributed by atoms with E-state index in [9.17, 15) is 9.90 Å². The van der Waals surface area contributed by atoms with E-state index in [0.717, 1.165) is 16.6 Å². The standard InChI is InChI=1S/C19H17N3O3/c1-11-16(18(24)25-2)17(12-7-9-13(23)10-8-12)22-15-6-4-3-5-14(15)21-19(22)20-11/h3-10,17,23H,1-2H3,(H,20,21)/t17-/m0/s1. The van der Waals surface area contributed by atoms with Gasteiger partial charge in [0.2, 0.25) is 5.95 Å². The van der Waals surface area contributed by atoms with Gasteiger partial charge in [-0.25, -0.2) is 9.78 Å². The molecule has 0 radical (unpaired) electrons. The van der Waals surface area contributed by atoms with Crippen molar-refractivity contribution in [2.24, 2.45) is 0 Å². The van der Waals surface area contributed by atoms with Crippen molar-refractivity contribution in [3.05, 3.63) is 65.4 Å². The number of para-hydroxylation sites is 2. The Balaban J connectivity index is 2.01. The molecule has 3 aromatic rings. The molecule has 0 saturated heterocycles. The Morgan fingerprint density at radius 1 is 1.20 bits per heavy atom. The Labute approximate surface area is 144 Å². The number of rotatable bonds is 2. The monoisotopic (exact) mass is 335 g/mol. The van der Waals surface area contributed by atoms with Gasteiger partial charge in [0.15, 0.2) is 0 Å². The van der Waals surface area contributed by atoms with Crippen LogP contribution in [-0.2, 0) is 9.53 Å². The number of aromatic hydroxyl groups is 1. The largest absolute Gasteiger partial charge is 0.508 e. The van der Waals surface area contributed by atoms with Crippen molar-refractivity contribution in [1.82, 2.24) is 9.55 Å². The predicted octanol–water partition coefficient (Wildman–Crippen LogP) is 3.20. The van der Waals surface area contributed by atoms with Crippen molar-refractivity contribution in [2.45, 2.75) is 13.0 Å². The highest BCUT2D eigenvalue weighted by Crippen LogP contribution is 2.39. The van der Waals surface area contributed by atoms with E-state index in [2.05, 4.69) is 10.3 Å². The molecule has 1 aliphatic heterocycles. The van der Waals surface area contributed by atoms with Crippen LogP contribution >= 0.6 is 0 Å². The number of benzene rings is 2. The summed E-state index contributed by atoms with van der Waals surface area (Å²) in [6.45, 7) is 1.84. The number of hydrogen-bond acceptors (Lipinski definition) is 5. The van der Waals surface area contributed by atoms with E-state index in [0.29, 0.717) is 17.2 Å². The molecule has 0 aliphatic carbocycles. The molecule has 2 N–H and O–H groups in total. The Morgan fingerprint density at radius 3 is 2.64 bits per heavy atom. The average molecular weight is 335 g/mol. The molecular weight excluding hydrogens is 318 g/mol. The molecule has 0 amide bonds. The van der Waals surface area contributed by atoms with E-state index in [4.69, 9.17) is 4.74 Å². The second kappa shape index (κ2) is 5.66. The maximum atomic E-state index is 12.5. The van der Waals surface area contributed by atoms with Crippen LogP contribution in [0.1, 0.15) is 18.5 Å². The number of fused-ring (bicyclic) bond motifs is 3. The molecule has 6 heteroatoms. The van der Waals surface area contributed by atoms with Gasteiger partial charge in [-0.2, -0.15) is 0 Å². The summed E-state index contributed by atoms with van der Waals surface area (Å²) < 4.78 is 7.01. The zero-order chi connectivity index (χ0) is 17.6. The highest BCUT2D eigenvalue weighted by atomic mass is 16.5. The third kappa shape index (κ3) is 2.34. The minimum Gasteiger partial charge on any atom is -0.508 e. The Hall–Kier alpha value is -3.28. The van der Waals surface area contributed by atoms with E-state index in [-0.39, 0.29) is 5.75 Å². The number of phenolic OH excluding ortho intramolecular Hbond substituents is 1. The molecule has 0 unspecified atom stereocenters. The number of esters is 1. The summed E-state index contributed by atoms with van der Waals surface area (Å²) in [5.41, 5.74) is 3.84. The summed E-state index contributed by atoms with van der Waals surface area (Å²) in [7, 11) is 1.37. The number of methoxy groups -OCH3 is 1. The zero-order valence-electron chi connectivity index (χ0n) is 13.9. The van der Waals surface area contributed by atoms with Gasteiger partial charge in [-0.1, -0.05) is 24.3 Å². The van der Waals surface area contributed by atoms with Crippen LogP contribution < -0.4 is 5.32 Å². The number of carbonyl (C=O) groups is 1. The summed E-state index contributed by atoms with van der Waals surface area (Å²) in [4.78, 5) is 17.1. The summed E-state index contributed by atoms with van der Waals surface area (Å²) in [6, 6.07) is 14.2. The van der Waals surface area contributed by atoms with E-state index < -0.39 is 12.0 Å². The number of nitrogens with zero attached hydrogens (tertiary/aromatic N) is 2. The molecule has 0 bridgehead atoms. The molecule has 4 rings (SSSR count). The third-order valence-corrected chi connectivity index (χ3v) is 4.44. The lowest BCUT2D eigenvalue weighted by atomic mass is 9.95. The van der Waals surface area contributed by atoms with Crippen LogP contribution in [0.5, 0.6) is 5.75 Å². The lowest BCUT2D eigenvalue weighted by Crippen LogP contribution is -2.28. The molecule has 1 aromatic heterocycles. The van der Waals surface area contributed by atoms with Gasteiger partial charge in [0.05, 0.1) is 29.8 Å². The topological polar surface area (TPSA) is 76.4 Å². The number of phenols is 1. The molecule has 6 nitrogen and oxygen atoms in total. The number of imidazole rings is 1. The molecule has 1 aliphatic rings. The van der Waals surface area contributed by atoms with Gasteiger partial charge >= 0.3 is 5.97 Å². The van der Waals surface area contributed by atoms with E-state index in [1.165, 1.54) is 7.11 Å². The first-order valence-corrected chi connectivity index (χ1v) is 7.92. The minimum atomic E-state index is -0.397. The fraction of sp³-hybridized carbons (Fsp3) is 0.158. The summed E-state index contributed by atoms with van der Waals surface area (Å²) in [6.07, 6.45) is 0. The number of carbonyl (C=O) groups excluding carboxylic acids is 1. The second-order valence-corrected chi connectivity index (χ2v) is 5.94. The van der Waals surface area contributed by atoms with Crippen molar-refractivity contribution in [2.75, 3.05) is 12.4 Å². The number of hydrogen-bond donors (Lipinski definition) is 2. The number of anilines is 1. The van der Waals surface area contributed by atoms with Gasteiger partial charge < -0.3 is 15.2 Å². The van der Waals surface area contributed by atoms with Crippen LogP contribution in [0.25, 0.3) is 11.0 Å². The third-order valence-electron chi connectivity index (χ3n) is 4.44. The second-order valence-electron chi connectivity index (χ2n) is 5.94. The quantitative estimate of drug-likeness (QED) is 0.703. The first kappa shape index (κ1) is 15.3. The van der Waals surface area contributed by atoms with Crippen LogP contribution in [0, 0.1) is 0 Å². The molecule has 0 fully saturated rings. The molecular formula is C19H17N3O3. The molecule has 1 atom stereocenters. The first-order chi connectivity index (χ1) is 12.1. The summed E-state index contributed by atoms with van der Waals surface area (Å²) >= 11 is 0. The number of aromatic nitrogens is 2. The maximum Gasteiger partial charge on any atom is 0.337 e. The van der Waals surface area contributed by atoms with E-state index in [1.54, 1.807) is 24.3 Å². The van der Waals surface area contributed by atoms with Gasteiger partial charge in [0.25, 0.3) is 0 Å². The van der Waals surface area contributed by atoms with Gasteiger partial charge in [0, 0.05) is 5.70 Å².